The highest BCUT2D eigenvalue weighted by atomic mass is 16.3. The number of hydrogen-bond acceptors (Lipinski definition) is 3. The number of nitrogens with zero attached hydrogens (tertiary/aromatic N) is 1. The van der Waals surface area contributed by atoms with Crippen molar-refractivity contribution in [2.45, 2.75) is 0 Å². The molecule has 1 aliphatic rings. The fourth-order valence-electron chi connectivity index (χ4n) is 2.27. The summed E-state index contributed by atoms with van der Waals surface area (Å²) in [5.74, 6) is -0.201. The molecule has 1 fully saturated rings. The van der Waals surface area contributed by atoms with E-state index in [9.17, 15) is 14.7 Å². The number of benzene rings is 2. The molecule has 2 aromatic rings. The number of nitrogens with one attached hydrogen (secondary N) is 1. The van der Waals surface area contributed by atoms with Crippen molar-refractivity contribution in [2.75, 3.05) is 11.4 Å². The second-order valence-corrected chi connectivity index (χ2v) is 4.47. The van der Waals surface area contributed by atoms with Gasteiger partial charge in [-0.2, -0.15) is 0 Å². The largest absolute Gasteiger partial charge is 0.507 e. The highest BCUT2D eigenvalue weighted by Gasteiger charge is 2.29. The number of phenols is 1. The number of hydrogen-bond donors (Lipinski definition) is 2. The summed E-state index contributed by atoms with van der Waals surface area (Å²) in [6, 6.07) is 13.6. The molecule has 2 aromatic carbocycles. The first-order chi connectivity index (χ1) is 9.66. The SMILES string of the molecule is O=C1CN(c2ccccc2-c2ccccc2O)C(=O)N1. The van der Waals surface area contributed by atoms with Gasteiger partial charge in [0.1, 0.15) is 12.3 Å². The summed E-state index contributed by atoms with van der Waals surface area (Å²) < 4.78 is 0. The molecule has 100 valence electrons. The maximum Gasteiger partial charge on any atom is 0.329 e. The minimum Gasteiger partial charge on any atom is -0.507 e. The van der Waals surface area contributed by atoms with E-state index < -0.39 is 6.03 Å². The fourth-order valence-corrected chi connectivity index (χ4v) is 2.27. The Labute approximate surface area is 115 Å². The van der Waals surface area contributed by atoms with E-state index >= 15 is 0 Å². The Morgan fingerprint density at radius 3 is 2.25 bits per heavy atom. The third-order valence-corrected chi connectivity index (χ3v) is 3.18. The molecule has 0 spiro atoms. The zero-order valence-electron chi connectivity index (χ0n) is 10.5. The van der Waals surface area contributed by atoms with Crippen LogP contribution in [-0.4, -0.2) is 23.6 Å². The third kappa shape index (κ3) is 1.99. The van der Waals surface area contributed by atoms with Crippen LogP contribution in [0.4, 0.5) is 10.5 Å². The number of aromatic hydroxyl groups is 1. The van der Waals surface area contributed by atoms with Crippen LogP contribution in [0, 0.1) is 0 Å². The number of imide groups is 1. The van der Waals surface area contributed by atoms with Crippen molar-refractivity contribution in [1.82, 2.24) is 5.32 Å². The molecule has 1 heterocycles. The summed E-state index contributed by atoms with van der Waals surface area (Å²) in [7, 11) is 0. The molecule has 0 saturated carbocycles. The molecular weight excluding hydrogens is 256 g/mol. The maximum absolute atomic E-state index is 11.8. The van der Waals surface area contributed by atoms with Gasteiger partial charge in [0.15, 0.2) is 0 Å². The van der Waals surface area contributed by atoms with Crippen LogP contribution in [0.25, 0.3) is 11.1 Å². The van der Waals surface area contributed by atoms with Gasteiger partial charge in [-0.25, -0.2) is 4.79 Å². The Balaban J connectivity index is 2.12. The number of rotatable bonds is 2. The third-order valence-electron chi connectivity index (χ3n) is 3.18. The summed E-state index contributed by atoms with van der Waals surface area (Å²) in [6.07, 6.45) is 0. The van der Waals surface area contributed by atoms with Crippen molar-refractivity contribution in [3.05, 3.63) is 48.5 Å². The molecule has 5 nitrogen and oxygen atoms in total. The van der Waals surface area contributed by atoms with E-state index in [1.807, 2.05) is 6.07 Å². The average molecular weight is 268 g/mol. The summed E-state index contributed by atoms with van der Waals surface area (Å²) in [6.45, 7) is -0.0105. The van der Waals surface area contributed by atoms with Crippen molar-refractivity contribution < 1.29 is 14.7 Å². The lowest BCUT2D eigenvalue weighted by molar-refractivity contribution is -0.117. The quantitative estimate of drug-likeness (QED) is 0.820. The zero-order chi connectivity index (χ0) is 14.1. The molecule has 0 aromatic heterocycles. The molecule has 20 heavy (non-hydrogen) atoms. The maximum atomic E-state index is 11.8. The fraction of sp³-hybridized carbons (Fsp3) is 0.0667. The molecule has 3 amide bonds. The monoisotopic (exact) mass is 268 g/mol. The number of amides is 3. The lowest BCUT2D eigenvalue weighted by Gasteiger charge is -2.18. The Bertz CT molecular complexity index is 697. The first kappa shape index (κ1) is 12.2. The van der Waals surface area contributed by atoms with Gasteiger partial charge in [0, 0.05) is 11.1 Å². The first-order valence-corrected chi connectivity index (χ1v) is 6.15. The number of carbonyl (C=O) groups excluding carboxylic acids is 2. The van der Waals surface area contributed by atoms with Crippen LogP contribution in [0.5, 0.6) is 5.75 Å². The lowest BCUT2D eigenvalue weighted by Crippen LogP contribution is -2.28. The van der Waals surface area contributed by atoms with Gasteiger partial charge in [0.25, 0.3) is 0 Å². The van der Waals surface area contributed by atoms with Gasteiger partial charge in [0.2, 0.25) is 5.91 Å². The highest BCUT2D eigenvalue weighted by Crippen LogP contribution is 2.36. The molecule has 0 atom stereocenters. The van der Waals surface area contributed by atoms with Gasteiger partial charge in [-0.1, -0.05) is 36.4 Å². The van der Waals surface area contributed by atoms with Crippen LogP contribution in [0.3, 0.4) is 0 Å². The Hall–Kier alpha value is -2.82. The summed E-state index contributed by atoms with van der Waals surface area (Å²) in [5.41, 5.74) is 1.92. The van der Waals surface area contributed by atoms with Gasteiger partial charge < -0.3 is 5.11 Å². The Morgan fingerprint density at radius 1 is 0.950 bits per heavy atom. The second kappa shape index (κ2) is 4.70. The van der Waals surface area contributed by atoms with Gasteiger partial charge in [0.05, 0.1) is 5.69 Å². The molecule has 3 rings (SSSR count). The minimum absolute atomic E-state index is 0.0105. The normalized spacial score (nSPS) is 14.5. The van der Waals surface area contributed by atoms with E-state index in [1.165, 1.54) is 4.90 Å². The van der Waals surface area contributed by atoms with E-state index in [0.717, 1.165) is 0 Å². The number of carbonyl (C=O) groups is 2. The predicted molar refractivity (Wildman–Crippen MR) is 74.4 cm³/mol. The Kier molecular flexibility index (Phi) is 2.87. The van der Waals surface area contributed by atoms with Gasteiger partial charge in [-0.05, 0) is 12.1 Å². The van der Waals surface area contributed by atoms with Crippen molar-refractivity contribution >= 4 is 17.6 Å². The number of urea groups is 1. The predicted octanol–water partition coefficient (Wildman–Crippen LogP) is 2.12. The topological polar surface area (TPSA) is 69.6 Å². The van der Waals surface area contributed by atoms with Crippen LogP contribution in [0.2, 0.25) is 0 Å². The van der Waals surface area contributed by atoms with Crippen LogP contribution < -0.4 is 10.2 Å². The first-order valence-electron chi connectivity index (χ1n) is 6.15. The lowest BCUT2D eigenvalue weighted by atomic mass is 10.0. The molecule has 0 bridgehead atoms. The molecule has 1 saturated heterocycles. The zero-order valence-corrected chi connectivity index (χ0v) is 10.5. The molecular formula is C15H12N2O3. The smallest absolute Gasteiger partial charge is 0.329 e. The van der Waals surface area contributed by atoms with Gasteiger partial charge in [-0.3, -0.25) is 15.0 Å². The number of para-hydroxylation sites is 2. The van der Waals surface area contributed by atoms with E-state index in [-0.39, 0.29) is 18.2 Å². The molecule has 2 N–H and O–H groups in total. The summed E-state index contributed by atoms with van der Waals surface area (Å²) in [5, 5.41) is 12.2. The van der Waals surface area contributed by atoms with Crippen LogP contribution in [0.15, 0.2) is 48.5 Å². The van der Waals surface area contributed by atoms with Gasteiger partial charge in [-0.15, -0.1) is 0 Å². The van der Waals surface area contributed by atoms with Gasteiger partial charge >= 0.3 is 6.03 Å². The van der Waals surface area contributed by atoms with Crippen molar-refractivity contribution in [3.8, 4) is 16.9 Å². The number of phenolic OH excluding ortho intramolecular Hbond substituents is 1. The molecule has 0 unspecified atom stereocenters. The standard InChI is InChI=1S/C15H12N2O3/c18-13-8-4-2-6-11(13)10-5-1-3-7-12(10)17-9-14(19)16-15(17)20/h1-8,18H,9H2,(H,16,19,20). The Morgan fingerprint density at radius 2 is 1.60 bits per heavy atom. The van der Waals surface area contributed by atoms with Crippen LogP contribution in [0.1, 0.15) is 0 Å². The molecule has 5 heteroatoms. The van der Waals surface area contributed by atoms with Crippen LogP contribution in [-0.2, 0) is 4.79 Å². The van der Waals surface area contributed by atoms with E-state index in [2.05, 4.69) is 5.32 Å². The summed E-state index contributed by atoms with van der Waals surface area (Å²) in [4.78, 5) is 24.5. The van der Waals surface area contributed by atoms with Crippen molar-refractivity contribution in [2.24, 2.45) is 0 Å². The van der Waals surface area contributed by atoms with Crippen molar-refractivity contribution in [3.63, 3.8) is 0 Å². The molecule has 1 aliphatic heterocycles. The molecule has 0 radical (unpaired) electrons. The van der Waals surface area contributed by atoms with Crippen LogP contribution >= 0.6 is 0 Å². The van der Waals surface area contributed by atoms with E-state index in [1.54, 1.807) is 42.5 Å². The minimum atomic E-state index is -0.446. The average Bonchev–Trinajstić information content (AvgIpc) is 2.78. The summed E-state index contributed by atoms with van der Waals surface area (Å²) >= 11 is 0. The number of anilines is 1. The highest BCUT2D eigenvalue weighted by molar-refractivity contribution is 6.13. The second-order valence-electron chi connectivity index (χ2n) is 4.47. The van der Waals surface area contributed by atoms with E-state index in [4.69, 9.17) is 0 Å². The van der Waals surface area contributed by atoms with Crippen molar-refractivity contribution in [1.29, 1.82) is 0 Å². The van der Waals surface area contributed by atoms with E-state index in [0.29, 0.717) is 16.8 Å². The molecule has 0 aliphatic carbocycles.